The van der Waals surface area contributed by atoms with Gasteiger partial charge in [0, 0.05) is 29.2 Å². The van der Waals surface area contributed by atoms with Crippen molar-refractivity contribution >= 4 is 11.0 Å². The Kier molecular flexibility index (Phi) is 5.17. The van der Waals surface area contributed by atoms with Crippen molar-refractivity contribution < 1.29 is 29.6 Å². The number of ether oxygens (including phenoxy) is 1. The lowest BCUT2D eigenvalue weighted by atomic mass is 9.95. The number of phenolic OH excluding ortho intramolecular Hbond substituents is 3. The summed E-state index contributed by atoms with van der Waals surface area (Å²) in [4.78, 5) is 13.3. The molecule has 0 fully saturated rings. The SMILES string of the molecule is CC(C)=CCc1c(O)ccc(-c2coc3cc4c(c(O)c3c2=O)C[C@H](C(C)(C)O)O4)c1O. The van der Waals surface area contributed by atoms with Gasteiger partial charge in [0.1, 0.15) is 46.3 Å². The van der Waals surface area contributed by atoms with E-state index in [0.29, 0.717) is 23.3 Å². The lowest BCUT2D eigenvalue weighted by Gasteiger charge is -2.24. The molecule has 0 unspecified atom stereocenters. The number of rotatable bonds is 4. The minimum Gasteiger partial charge on any atom is -0.508 e. The van der Waals surface area contributed by atoms with E-state index in [1.807, 2.05) is 19.9 Å². The van der Waals surface area contributed by atoms with Crippen molar-refractivity contribution in [2.45, 2.75) is 52.2 Å². The topological polar surface area (TPSA) is 120 Å². The van der Waals surface area contributed by atoms with Crippen LogP contribution >= 0.6 is 0 Å². The molecule has 1 aromatic heterocycles. The Morgan fingerprint density at radius 2 is 1.88 bits per heavy atom. The fourth-order valence-corrected chi connectivity index (χ4v) is 3.90. The summed E-state index contributed by atoms with van der Waals surface area (Å²) in [6.07, 6.45) is 3.03. The number of fused-ring (bicyclic) bond motifs is 2. The van der Waals surface area contributed by atoms with Crippen molar-refractivity contribution in [3.8, 4) is 34.1 Å². The molecule has 0 amide bonds. The lowest BCUT2D eigenvalue weighted by Crippen LogP contribution is -2.39. The second-order valence-corrected chi connectivity index (χ2v) is 8.96. The highest BCUT2D eigenvalue weighted by atomic mass is 16.5. The summed E-state index contributed by atoms with van der Waals surface area (Å²) < 4.78 is 11.4. The van der Waals surface area contributed by atoms with Gasteiger partial charge >= 0.3 is 0 Å². The average Bonchev–Trinajstić information content (AvgIpc) is 3.14. The van der Waals surface area contributed by atoms with Gasteiger partial charge in [0.25, 0.3) is 0 Å². The van der Waals surface area contributed by atoms with Crippen molar-refractivity contribution in [3.05, 3.63) is 57.5 Å². The Morgan fingerprint density at radius 3 is 2.53 bits per heavy atom. The van der Waals surface area contributed by atoms with Gasteiger partial charge < -0.3 is 29.6 Å². The van der Waals surface area contributed by atoms with Gasteiger partial charge in [-0.3, -0.25) is 4.79 Å². The number of aliphatic hydroxyl groups is 1. The third-order valence-electron chi connectivity index (χ3n) is 5.81. The van der Waals surface area contributed by atoms with E-state index >= 15 is 0 Å². The molecule has 7 nitrogen and oxygen atoms in total. The summed E-state index contributed by atoms with van der Waals surface area (Å²) in [6, 6.07) is 4.38. The van der Waals surface area contributed by atoms with Gasteiger partial charge in [-0.15, -0.1) is 0 Å². The zero-order valence-electron chi connectivity index (χ0n) is 18.4. The predicted molar refractivity (Wildman–Crippen MR) is 120 cm³/mol. The number of aromatic hydroxyl groups is 3. The van der Waals surface area contributed by atoms with E-state index in [9.17, 15) is 25.2 Å². The van der Waals surface area contributed by atoms with Crippen molar-refractivity contribution in [3.63, 3.8) is 0 Å². The zero-order valence-corrected chi connectivity index (χ0v) is 18.4. The Bertz CT molecular complexity index is 1300. The highest BCUT2D eigenvalue weighted by Gasteiger charge is 2.37. The first-order valence-electron chi connectivity index (χ1n) is 10.4. The molecule has 0 spiro atoms. The van der Waals surface area contributed by atoms with Crippen LogP contribution in [0.2, 0.25) is 0 Å². The molecular formula is C25H26O7. The van der Waals surface area contributed by atoms with E-state index in [2.05, 4.69) is 0 Å². The molecule has 168 valence electrons. The fourth-order valence-electron chi connectivity index (χ4n) is 3.90. The van der Waals surface area contributed by atoms with Crippen LogP contribution in [0.4, 0.5) is 0 Å². The quantitative estimate of drug-likeness (QED) is 0.452. The number of phenols is 3. The number of hydrogen-bond acceptors (Lipinski definition) is 7. The second kappa shape index (κ2) is 7.60. The van der Waals surface area contributed by atoms with Crippen LogP contribution in [0, 0.1) is 0 Å². The van der Waals surface area contributed by atoms with Crippen molar-refractivity contribution in [2.75, 3.05) is 0 Å². The maximum absolute atomic E-state index is 13.3. The third kappa shape index (κ3) is 3.58. The average molecular weight is 438 g/mol. The van der Waals surface area contributed by atoms with E-state index < -0.39 is 17.1 Å². The molecular weight excluding hydrogens is 412 g/mol. The third-order valence-corrected chi connectivity index (χ3v) is 5.81. The molecule has 0 bridgehead atoms. The maximum Gasteiger partial charge on any atom is 0.204 e. The van der Waals surface area contributed by atoms with Crippen LogP contribution < -0.4 is 10.2 Å². The van der Waals surface area contributed by atoms with Crippen LogP contribution in [0.15, 0.2) is 45.3 Å². The molecule has 3 aromatic rings. The van der Waals surface area contributed by atoms with Crippen LogP contribution in [-0.4, -0.2) is 32.1 Å². The first kappa shape index (κ1) is 21.8. The van der Waals surface area contributed by atoms with E-state index in [0.717, 1.165) is 5.57 Å². The Morgan fingerprint density at radius 1 is 1.16 bits per heavy atom. The van der Waals surface area contributed by atoms with E-state index in [-0.39, 0.29) is 45.8 Å². The van der Waals surface area contributed by atoms with Gasteiger partial charge in [-0.2, -0.15) is 0 Å². The molecule has 1 atom stereocenters. The lowest BCUT2D eigenvalue weighted by molar-refractivity contribution is -0.0229. The number of hydrogen-bond donors (Lipinski definition) is 4. The monoisotopic (exact) mass is 438 g/mol. The Labute approximate surface area is 184 Å². The molecule has 2 aromatic carbocycles. The van der Waals surface area contributed by atoms with Crippen LogP contribution in [0.25, 0.3) is 22.1 Å². The second-order valence-electron chi connectivity index (χ2n) is 8.96. The molecule has 4 rings (SSSR count). The largest absolute Gasteiger partial charge is 0.508 e. The molecule has 2 heterocycles. The molecule has 0 saturated heterocycles. The summed E-state index contributed by atoms with van der Waals surface area (Å²) in [5, 5.41) is 42.1. The molecule has 0 saturated carbocycles. The van der Waals surface area contributed by atoms with Gasteiger partial charge in [0.05, 0.1) is 11.2 Å². The Hall–Kier alpha value is -3.45. The number of benzene rings is 2. The van der Waals surface area contributed by atoms with Crippen molar-refractivity contribution in [1.82, 2.24) is 0 Å². The van der Waals surface area contributed by atoms with Crippen molar-refractivity contribution in [1.29, 1.82) is 0 Å². The fraction of sp³-hybridized carbons (Fsp3) is 0.320. The minimum absolute atomic E-state index is 0.0282. The zero-order chi connectivity index (χ0) is 23.4. The van der Waals surface area contributed by atoms with E-state index in [4.69, 9.17) is 9.15 Å². The smallest absolute Gasteiger partial charge is 0.204 e. The van der Waals surface area contributed by atoms with Gasteiger partial charge in [-0.05, 0) is 46.2 Å². The Balaban J connectivity index is 1.87. The highest BCUT2D eigenvalue weighted by Crippen LogP contribution is 2.43. The maximum atomic E-state index is 13.3. The summed E-state index contributed by atoms with van der Waals surface area (Å²) in [5.74, 6) is -0.206. The summed E-state index contributed by atoms with van der Waals surface area (Å²) >= 11 is 0. The summed E-state index contributed by atoms with van der Waals surface area (Å²) in [6.45, 7) is 7.04. The molecule has 1 aliphatic heterocycles. The molecule has 4 N–H and O–H groups in total. The molecule has 1 aliphatic rings. The predicted octanol–water partition coefficient (Wildman–Crippen LogP) is 4.16. The van der Waals surface area contributed by atoms with Gasteiger partial charge in [-0.1, -0.05) is 11.6 Å². The van der Waals surface area contributed by atoms with Crippen LogP contribution in [-0.2, 0) is 12.8 Å². The normalized spacial score (nSPS) is 15.5. The molecule has 0 aliphatic carbocycles. The van der Waals surface area contributed by atoms with E-state index in [1.165, 1.54) is 24.5 Å². The first-order chi connectivity index (χ1) is 15.0. The minimum atomic E-state index is -1.14. The van der Waals surface area contributed by atoms with Gasteiger partial charge in [0.2, 0.25) is 5.43 Å². The van der Waals surface area contributed by atoms with Crippen molar-refractivity contribution in [2.24, 2.45) is 0 Å². The van der Waals surface area contributed by atoms with Crippen LogP contribution in [0.5, 0.6) is 23.0 Å². The number of allylic oxidation sites excluding steroid dienone is 2. The van der Waals surface area contributed by atoms with Crippen LogP contribution in [0.1, 0.15) is 38.8 Å². The standard InChI is InChI=1S/C25H26O7/c1-12(2)5-6-14-17(26)8-7-13(22(14)27)16-11-31-19-10-18-15(23(28)21(19)24(16)29)9-20(32-18)25(3,4)30/h5,7-8,10-11,20,26-28,30H,6,9H2,1-4H3/t20-/m1/s1. The highest BCUT2D eigenvalue weighted by molar-refractivity contribution is 5.91. The molecule has 7 heteroatoms. The van der Waals surface area contributed by atoms with E-state index in [1.54, 1.807) is 13.8 Å². The molecule has 0 radical (unpaired) electrons. The summed E-state index contributed by atoms with van der Waals surface area (Å²) in [5.41, 5.74) is 0.463. The van der Waals surface area contributed by atoms with Gasteiger partial charge in [0.15, 0.2) is 0 Å². The molecule has 32 heavy (non-hydrogen) atoms. The van der Waals surface area contributed by atoms with Crippen LogP contribution in [0.3, 0.4) is 0 Å². The van der Waals surface area contributed by atoms with Gasteiger partial charge in [-0.25, -0.2) is 0 Å². The summed E-state index contributed by atoms with van der Waals surface area (Å²) in [7, 11) is 0. The first-order valence-corrected chi connectivity index (χ1v) is 10.4.